The van der Waals surface area contributed by atoms with Crippen LogP contribution in [0.2, 0.25) is 0 Å². The molecule has 1 aliphatic heterocycles. The van der Waals surface area contributed by atoms with Gasteiger partial charge >= 0.3 is 6.03 Å². The van der Waals surface area contributed by atoms with Gasteiger partial charge in [0.2, 0.25) is 5.91 Å². The summed E-state index contributed by atoms with van der Waals surface area (Å²) in [6, 6.07) is 1.67. The van der Waals surface area contributed by atoms with E-state index in [0.717, 1.165) is 44.2 Å². The molecule has 0 aromatic heterocycles. The van der Waals surface area contributed by atoms with Crippen molar-refractivity contribution in [1.82, 2.24) is 4.72 Å². The molecule has 23 heavy (non-hydrogen) atoms. The minimum absolute atomic E-state index is 0.101. The van der Waals surface area contributed by atoms with E-state index in [1.807, 2.05) is 0 Å². The number of fused-ring (bicyclic) bond motifs is 2. The molecule has 3 amide bonds. The van der Waals surface area contributed by atoms with Crippen molar-refractivity contribution in [2.45, 2.75) is 44.9 Å². The summed E-state index contributed by atoms with van der Waals surface area (Å²) in [5.74, 6) is -0.211. The Hall–Kier alpha value is -1.89. The van der Waals surface area contributed by atoms with E-state index in [1.165, 1.54) is 22.3 Å². The van der Waals surface area contributed by atoms with E-state index in [2.05, 4.69) is 20.5 Å². The molecule has 3 aliphatic rings. The summed E-state index contributed by atoms with van der Waals surface area (Å²) in [5.41, 5.74) is 5.94. The van der Waals surface area contributed by atoms with E-state index in [0.29, 0.717) is 0 Å². The Kier molecular flexibility index (Phi) is 3.41. The normalized spacial score (nSPS) is 25.0. The highest BCUT2D eigenvalue weighted by Gasteiger charge is 2.27. The lowest BCUT2D eigenvalue weighted by Gasteiger charge is -2.15. The number of rotatable bonds is 1. The van der Waals surface area contributed by atoms with Crippen LogP contribution in [-0.4, -0.2) is 21.9 Å². The predicted molar refractivity (Wildman–Crippen MR) is 87.7 cm³/mol. The maximum Gasteiger partial charge on any atom is 0.354 e. The number of hydrogen-bond donors (Lipinski definition) is 2. The fourth-order valence-corrected chi connectivity index (χ4v) is 5.28. The minimum Gasteiger partial charge on any atom is -0.305 e. The highest BCUT2D eigenvalue weighted by atomic mass is 32.2. The summed E-state index contributed by atoms with van der Waals surface area (Å²) in [7, 11) is -2.94. The fraction of sp³-hybridized carbons (Fsp3) is 0.500. The van der Waals surface area contributed by atoms with Crippen molar-refractivity contribution in [2.75, 3.05) is 11.1 Å². The van der Waals surface area contributed by atoms with E-state index in [-0.39, 0.29) is 18.1 Å². The number of nitrogens with zero attached hydrogens (tertiary/aromatic N) is 1. The molecule has 4 rings (SSSR count). The predicted octanol–water partition coefficient (Wildman–Crippen LogP) is 2.10. The molecule has 1 unspecified atom stereocenters. The van der Waals surface area contributed by atoms with Gasteiger partial charge in [0.15, 0.2) is 0 Å². The van der Waals surface area contributed by atoms with E-state index in [1.54, 1.807) is 0 Å². The van der Waals surface area contributed by atoms with Crippen molar-refractivity contribution >= 4 is 27.5 Å². The van der Waals surface area contributed by atoms with Gasteiger partial charge in [-0.15, -0.1) is 4.36 Å². The van der Waals surface area contributed by atoms with Gasteiger partial charge in [-0.3, -0.25) is 9.52 Å². The van der Waals surface area contributed by atoms with Gasteiger partial charge < -0.3 is 5.32 Å². The molecular formula is C16H19N3O3S. The maximum atomic E-state index is 12.3. The molecule has 0 bridgehead atoms. The number of carbonyl (C=O) groups excluding carboxylic acids is 2. The Morgan fingerprint density at radius 3 is 2.30 bits per heavy atom. The van der Waals surface area contributed by atoms with Gasteiger partial charge in [0.05, 0.1) is 5.75 Å². The zero-order valence-electron chi connectivity index (χ0n) is 12.8. The molecule has 0 radical (unpaired) electrons. The van der Waals surface area contributed by atoms with Crippen molar-refractivity contribution in [2.24, 2.45) is 4.36 Å². The summed E-state index contributed by atoms with van der Waals surface area (Å²) >= 11 is 0. The second kappa shape index (κ2) is 5.33. The molecule has 0 spiro atoms. The summed E-state index contributed by atoms with van der Waals surface area (Å²) in [6.45, 7) is 0. The van der Waals surface area contributed by atoms with Gasteiger partial charge in [-0.05, 0) is 60.8 Å². The topological polar surface area (TPSA) is 87.6 Å². The molecule has 1 atom stereocenters. The molecule has 7 heteroatoms. The van der Waals surface area contributed by atoms with Crippen LogP contribution < -0.4 is 10.0 Å². The first-order chi connectivity index (χ1) is 11.0. The van der Waals surface area contributed by atoms with Gasteiger partial charge in [-0.1, -0.05) is 6.07 Å². The first-order valence-corrected chi connectivity index (χ1v) is 9.75. The highest BCUT2D eigenvalue weighted by Crippen LogP contribution is 2.38. The Labute approximate surface area is 135 Å². The Balaban J connectivity index is 1.67. The van der Waals surface area contributed by atoms with Crippen LogP contribution in [0.3, 0.4) is 0 Å². The van der Waals surface area contributed by atoms with Crippen LogP contribution in [0.4, 0.5) is 10.5 Å². The zero-order chi connectivity index (χ0) is 16.0. The third-order valence-corrected chi connectivity index (χ3v) is 6.58. The van der Waals surface area contributed by atoms with Gasteiger partial charge in [0, 0.05) is 12.1 Å². The standard InChI is InChI=1S/C16H19N3O3S/c20-14-7-8-23(22,18-14)19-16(21)17-15-12-5-1-3-10(12)9-11-4-2-6-13(11)15/h9H,1-8H2,(H2,17,18,19,20,21,22). The SMILES string of the molecule is O=C1CCS(=O)(=NC(=O)Nc2c3c(cc4c2CCC4)CCC3)N1. The van der Waals surface area contributed by atoms with Gasteiger partial charge in [-0.2, -0.15) is 0 Å². The second-order valence-corrected chi connectivity index (χ2v) is 8.45. The smallest absolute Gasteiger partial charge is 0.305 e. The van der Waals surface area contributed by atoms with Crippen LogP contribution in [0.15, 0.2) is 10.4 Å². The van der Waals surface area contributed by atoms with Crippen LogP contribution >= 0.6 is 0 Å². The average Bonchev–Trinajstić information content (AvgIpc) is 3.18. The van der Waals surface area contributed by atoms with Crippen molar-refractivity contribution in [3.05, 3.63) is 28.3 Å². The number of hydrogen-bond acceptors (Lipinski definition) is 3. The van der Waals surface area contributed by atoms with Gasteiger partial charge in [0.1, 0.15) is 9.92 Å². The minimum atomic E-state index is -2.94. The van der Waals surface area contributed by atoms with Crippen molar-refractivity contribution in [3.8, 4) is 0 Å². The number of anilines is 1. The highest BCUT2D eigenvalue weighted by molar-refractivity contribution is 7.93. The molecule has 2 aliphatic carbocycles. The van der Waals surface area contributed by atoms with Gasteiger partial charge in [-0.25, -0.2) is 9.00 Å². The van der Waals surface area contributed by atoms with E-state index >= 15 is 0 Å². The lowest BCUT2D eigenvalue weighted by Crippen LogP contribution is -2.23. The molecule has 122 valence electrons. The molecule has 2 N–H and O–H groups in total. The van der Waals surface area contributed by atoms with Crippen LogP contribution in [0.5, 0.6) is 0 Å². The quantitative estimate of drug-likeness (QED) is 0.825. The van der Waals surface area contributed by atoms with Gasteiger partial charge in [0.25, 0.3) is 0 Å². The maximum absolute atomic E-state index is 12.3. The first-order valence-electron chi connectivity index (χ1n) is 8.07. The molecule has 6 nitrogen and oxygen atoms in total. The summed E-state index contributed by atoms with van der Waals surface area (Å²) in [4.78, 5) is 23.5. The third-order valence-electron chi connectivity index (χ3n) is 4.81. The Bertz CT molecular complexity index is 805. The molecular weight excluding hydrogens is 314 g/mol. The van der Waals surface area contributed by atoms with Crippen molar-refractivity contribution in [3.63, 3.8) is 0 Å². The van der Waals surface area contributed by atoms with Crippen molar-refractivity contribution < 1.29 is 13.8 Å². The van der Waals surface area contributed by atoms with Crippen LogP contribution in [0.1, 0.15) is 41.5 Å². The monoisotopic (exact) mass is 333 g/mol. The molecule has 1 fully saturated rings. The fourth-order valence-electron chi connectivity index (χ4n) is 3.81. The Morgan fingerprint density at radius 2 is 1.74 bits per heavy atom. The van der Waals surface area contributed by atoms with Crippen LogP contribution in [0.25, 0.3) is 0 Å². The number of urea groups is 1. The number of carbonyl (C=O) groups is 2. The number of benzene rings is 1. The van der Waals surface area contributed by atoms with Crippen molar-refractivity contribution in [1.29, 1.82) is 0 Å². The zero-order valence-corrected chi connectivity index (χ0v) is 13.6. The first kappa shape index (κ1) is 14.7. The second-order valence-electron chi connectivity index (χ2n) is 6.38. The molecule has 1 aromatic rings. The van der Waals surface area contributed by atoms with E-state index < -0.39 is 15.9 Å². The molecule has 0 saturated carbocycles. The largest absolute Gasteiger partial charge is 0.354 e. The lowest BCUT2D eigenvalue weighted by atomic mass is 9.99. The summed E-state index contributed by atoms with van der Waals surface area (Å²) < 4.78 is 18.4. The van der Waals surface area contributed by atoms with E-state index in [4.69, 9.17) is 0 Å². The molecule has 1 aromatic carbocycles. The average molecular weight is 333 g/mol. The lowest BCUT2D eigenvalue weighted by molar-refractivity contribution is -0.118. The summed E-state index contributed by atoms with van der Waals surface area (Å²) in [5, 5.41) is 2.87. The van der Waals surface area contributed by atoms with Crippen LogP contribution in [0, 0.1) is 0 Å². The number of amides is 3. The van der Waals surface area contributed by atoms with Crippen LogP contribution in [-0.2, 0) is 40.4 Å². The third kappa shape index (κ3) is 2.63. The molecule has 1 saturated heterocycles. The number of nitrogens with one attached hydrogen (secondary N) is 2. The van der Waals surface area contributed by atoms with E-state index in [9.17, 15) is 13.8 Å². The molecule has 1 heterocycles. The summed E-state index contributed by atoms with van der Waals surface area (Å²) in [6.07, 6.45) is 6.39. The Morgan fingerprint density at radius 1 is 1.09 bits per heavy atom. The number of aryl methyl sites for hydroxylation is 2.